The van der Waals surface area contributed by atoms with Crippen molar-refractivity contribution >= 4 is 17.6 Å². The molecule has 11 heteroatoms. The van der Waals surface area contributed by atoms with Gasteiger partial charge in [-0.25, -0.2) is 4.98 Å². The molecule has 3 N–H and O–H groups in total. The third-order valence-electron chi connectivity index (χ3n) is 3.28. The van der Waals surface area contributed by atoms with E-state index in [1.54, 1.807) is 0 Å². The molecule has 0 saturated carbocycles. The molecule has 3 heterocycles. The van der Waals surface area contributed by atoms with Crippen LogP contribution in [0.4, 0.5) is 30.8 Å². The Bertz CT molecular complexity index is 1390. The topological polar surface area (TPSA) is 109 Å². The molecule has 0 aliphatic carbocycles. The number of pyridine rings is 2. The van der Waals surface area contributed by atoms with E-state index in [1.807, 2.05) is 0 Å². The summed E-state index contributed by atoms with van der Waals surface area (Å²) in [6.07, 6.45) is -5.44. The van der Waals surface area contributed by atoms with E-state index in [-0.39, 0.29) is 17.4 Å². The van der Waals surface area contributed by atoms with Gasteiger partial charge in [-0.3, -0.25) is 4.98 Å². The first-order chi connectivity index (χ1) is 18.2. The Kier molecular flexibility index (Phi) is 3.20. The Labute approximate surface area is 184 Å². The average Bonchev–Trinajstić information content (AvgIpc) is 2.82. The highest BCUT2D eigenvalue weighted by molar-refractivity contribution is 5.59. The maximum atomic E-state index is 13.3. The van der Waals surface area contributed by atoms with Crippen LogP contribution in [0.2, 0.25) is 0 Å². The molecule has 0 radical (unpaired) electrons. The molecule has 0 saturated heterocycles. The largest absolute Gasteiger partial charge is 0.433 e. The highest BCUT2D eigenvalue weighted by atomic mass is 19.4. The maximum absolute atomic E-state index is 13.3. The summed E-state index contributed by atoms with van der Waals surface area (Å²) in [4.78, 5) is 18.7. The molecule has 3 aromatic heterocycles. The number of rotatable bonds is 6. The van der Waals surface area contributed by atoms with Crippen molar-refractivity contribution in [3.05, 3.63) is 47.8 Å². The molecule has 3 aromatic rings. The predicted molar refractivity (Wildman–Crippen MR) is 105 cm³/mol. The first-order valence-corrected chi connectivity index (χ1v) is 8.14. The molecule has 0 atom stereocenters. The highest BCUT2D eigenvalue weighted by Gasteiger charge is 2.32. The summed E-state index contributed by atoms with van der Waals surface area (Å²) in [6, 6.07) is -0.154. The zero-order chi connectivity index (χ0) is 30.4. The smallest absolute Gasteiger partial charge is 0.389 e. The first kappa shape index (κ1) is 11.7. The number of nitrogens with one attached hydrogen (secondary N) is 2. The summed E-state index contributed by atoms with van der Waals surface area (Å²) < 4.78 is 117. The molecular formula is C19H20F3N7O. The number of aliphatic hydroxyl groups is 1. The molecule has 8 nitrogen and oxygen atoms in total. The average molecular weight is 429 g/mol. The number of hydrogen-bond acceptors (Lipinski definition) is 8. The summed E-state index contributed by atoms with van der Waals surface area (Å²) in [5, 5.41) is 15.2. The van der Waals surface area contributed by atoms with Crippen LogP contribution in [-0.4, -0.2) is 42.2 Å². The van der Waals surface area contributed by atoms with Crippen molar-refractivity contribution in [2.45, 2.75) is 32.4 Å². The van der Waals surface area contributed by atoms with Gasteiger partial charge in [0.2, 0.25) is 11.9 Å². The Morgan fingerprint density at radius 1 is 1.13 bits per heavy atom. The number of alkyl halides is 3. The SMILES string of the molecule is [2H]c1ccc(C(F)(F)F)nc1-c1nc(NCC(O)(C([2H])([2H])[2H])C([2H])([2H])[2H])nc(Nc2c([2H])c([2H])nc(C)c2[2H])n1. The highest BCUT2D eigenvalue weighted by Crippen LogP contribution is 2.29. The maximum Gasteiger partial charge on any atom is 0.433 e. The van der Waals surface area contributed by atoms with Gasteiger partial charge in [-0.05, 0) is 44.8 Å². The van der Waals surface area contributed by atoms with Crippen molar-refractivity contribution < 1.29 is 32.0 Å². The van der Waals surface area contributed by atoms with Crippen molar-refractivity contribution in [2.24, 2.45) is 0 Å². The van der Waals surface area contributed by atoms with Crippen molar-refractivity contribution in [3.63, 3.8) is 0 Å². The second kappa shape index (κ2) is 8.19. The van der Waals surface area contributed by atoms with E-state index in [4.69, 9.17) is 13.7 Å². The fourth-order valence-electron chi connectivity index (χ4n) is 2.07. The van der Waals surface area contributed by atoms with E-state index in [9.17, 15) is 18.3 Å². The van der Waals surface area contributed by atoms with Crippen molar-refractivity contribution in [1.29, 1.82) is 0 Å². The zero-order valence-corrected chi connectivity index (χ0v) is 15.2. The van der Waals surface area contributed by atoms with Crippen LogP contribution in [0.1, 0.15) is 38.8 Å². The summed E-state index contributed by atoms with van der Waals surface area (Å²) in [7, 11) is 0. The molecule has 0 unspecified atom stereocenters. The van der Waals surface area contributed by atoms with Gasteiger partial charge < -0.3 is 15.7 Å². The zero-order valence-electron chi connectivity index (χ0n) is 25.2. The number of anilines is 3. The number of nitrogens with zero attached hydrogens (tertiary/aromatic N) is 5. The minimum absolute atomic E-state index is 0.0320. The fourth-order valence-corrected chi connectivity index (χ4v) is 2.07. The van der Waals surface area contributed by atoms with Crippen molar-refractivity contribution in [3.8, 4) is 11.5 Å². The quantitative estimate of drug-likeness (QED) is 0.546. The van der Waals surface area contributed by atoms with Gasteiger partial charge in [0, 0.05) is 32.3 Å². The number of halogens is 3. The fraction of sp³-hybridized carbons (Fsp3) is 0.316. The number of aryl methyl sites for hydroxylation is 1. The normalized spacial score (nSPS) is 17.6. The number of aromatic nitrogens is 5. The van der Waals surface area contributed by atoms with Gasteiger partial charge in [-0.2, -0.15) is 28.1 Å². The second-order valence-corrected chi connectivity index (χ2v) is 5.90. The number of hydrogen-bond donors (Lipinski definition) is 3. The monoisotopic (exact) mass is 429 g/mol. The van der Waals surface area contributed by atoms with E-state index in [0.29, 0.717) is 6.07 Å². The van der Waals surface area contributed by atoms with E-state index in [2.05, 4.69) is 35.6 Å². The van der Waals surface area contributed by atoms with Gasteiger partial charge in [0.1, 0.15) is 11.4 Å². The third-order valence-corrected chi connectivity index (χ3v) is 3.28. The lowest BCUT2D eigenvalue weighted by atomic mass is 10.1. The molecule has 3 rings (SSSR count). The Morgan fingerprint density at radius 3 is 2.63 bits per heavy atom. The molecule has 0 aliphatic heterocycles. The lowest BCUT2D eigenvalue weighted by molar-refractivity contribution is -0.141. The van der Waals surface area contributed by atoms with Crippen LogP contribution < -0.4 is 10.6 Å². The standard InChI is InChI=1S/C19H20F3N7O/c1-11-9-12(7-8-23-11)25-17-28-15(27-16(29-17)24-10-18(2,3)30)13-5-4-6-14(26-13)19(20,21)22/h4-9,30H,10H2,1-3H3,(H2,23,24,25,27,28,29)/i2D3,3D3,5D,7D,8D,9D. The molecule has 0 bridgehead atoms. The van der Waals surface area contributed by atoms with Crippen LogP contribution in [0.15, 0.2) is 36.4 Å². The first-order valence-electron chi connectivity index (χ1n) is 13.1. The minimum atomic E-state index is -4.91. The van der Waals surface area contributed by atoms with Crippen LogP contribution >= 0.6 is 0 Å². The lowest BCUT2D eigenvalue weighted by Crippen LogP contribution is -2.30. The van der Waals surface area contributed by atoms with Crippen LogP contribution in [0.5, 0.6) is 0 Å². The van der Waals surface area contributed by atoms with Crippen molar-refractivity contribution in [1.82, 2.24) is 24.9 Å². The summed E-state index contributed by atoms with van der Waals surface area (Å²) in [5.74, 6) is -1.89. The molecule has 0 aromatic carbocycles. The van der Waals surface area contributed by atoms with Gasteiger partial charge in [0.05, 0.1) is 11.1 Å². The Hall–Kier alpha value is -3.34. The van der Waals surface area contributed by atoms with Crippen molar-refractivity contribution in [2.75, 3.05) is 17.2 Å². The molecule has 0 amide bonds. The van der Waals surface area contributed by atoms with Gasteiger partial charge in [-0.15, -0.1) is 0 Å². The molecule has 0 aliphatic rings. The van der Waals surface area contributed by atoms with Gasteiger partial charge in [0.25, 0.3) is 0 Å². The van der Waals surface area contributed by atoms with E-state index >= 15 is 0 Å². The Balaban J connectivity index is 2.19. The third kappa shape index (κ3) is 5.83. The van der Waals surface area contributed by atoms with Crippen LogP contribution in [0, 0.1) is 6.92 Å². The van der Waals surface area contributed by atoms with Crippen LogP contribution in [0.25, 0.3) is 11.5 Å². The summed E-state index contributed by atoms with van der Waals surface area (Å²) in [5.41, 5.74) is -5.71. The van der Waals surface area contributed by atoms with Gasteiger partial charge in [-0.1, -0.05) is 6.07 Å². The molecule has 30 heavy (non-hydrogen) atoms. The molecule has 0 spiro atoms. The van der Waals surface area contributed by atoms with E-state index in [0.717, 1.165) is 6.07 Å². The predicted octanol–water partition coefficient (Wildman–Crippen LogP) is 3.58. The van der Waals surface area contributed by atoms with E-state index in [1.165, 1.54) is 6.92 Å². The van der Waals surface area contributed by atoms with Gasteiger partial charge >= 0.3 is 6.18 Å². The molecule has 0 fully saturated rings. The lowest BCUT2D eigenvalue weighted by Gasteiger charge is -2.18. The van der Waals surface area contributed by atoms with Crippen LogP contribution in [-0.2, 0) is 6.18 Å². The summed E-state index contributed by atoms with van der Waals surface area (Å²) in [6.45, 7) is -6.68. The van der Waals surface area contributed by atoms with E-state index < -0.39 is 79.4 Å². The summed E-state index contributed by atoms with van der Waals surface area (Å²) >= 11 is 0. The Morgan fingerprint density at radius 2 is 1.90 bits per heavy atom. The molecular weight excluding hydrogens is 399 g/mol. The second-order valence-electron chi connectivity index (χ2n) is 5.90. The molecule has 158 valence electrons. The van der Waals surface area contributed by atoms with Gasteiger partial charge in [0.15, 0.2) is 5.82 Å². The minimum Gasteiger partial charge on any atom is -0.389 e. The van der Waals surface area contributed by atoms with Crippen LogP contribution in [0.3, 0.4) is 0 Å².